The van der Waals surface area contributed by atoms with Crippen LogP contribution in [0.2, 0.25) is 0 Å². The fourth-order valence-electron chi connectivity index (χ4n) is 3.93. The number of hydrogen-bond donors (Lipinski definition) is 1. The van der Waals surface area contributed by atoms with Gasteiger partial charge in [0.1, 0.15) is 0 Å². The van der Waals surface area contributed by atoms with Crippen molar-refractivity contribution in [2.24, 2.45) is 0 Å². The Morgan fingerprint density at radius 2 is 1.74 bits per heavy atom. The zero-order valence-electron chi connectivity index (χ0n) is 17.1. The smallest absolute Gasteiger partial charge is 0.255 e. The number of piperidine rings is 1. The van der Waals surface area contributed by atoms with Crippen LogP contribution in [0.25, 0.3) is 5.69 Å². The van der Waals surface area contributed by atoms with Crippen LogP contribution in [-0.4, -0.2) is 41.6 Å². The molecule has 1 aliphatic heterocycles. The van der Waals surface area contributed by atoms with Gasteiger partial charge in [-0.05, 0) is 69.5 Å². The van der Waals surface area contributed by atoms with Gasteiger partial charge in [-0.15, -0.1) is 12.4 Å². The molecule has 2 aromatic rings. The normalized spacial score (nSPS) is 14.9. The minimum atomic E-state index is 0. The summed E-state index contributed by atoms with van der Waals surface area (Å²) in [6.07, 6.45) is 2.05. The Morgan fingerprint density at radius 3 is 2.30 bits per heavy atom. The molecular weight excluding hydrogens is 358 g/mol. The van der Waals surface area contributed by atoms with E-state index in [0.29, 0.717) is 12.0 Å². The van der Waals surface area contributed by atoms with Gasteiger partial charge in [-0.3, -0.25) is 4.79 Å². The summed E-state index contributed by atoms with van der Waals surface area (Å²) < 4.78 is 2.19. The molecule has 0 saturated carbocycles. The second-order valence-corrected chi connectivity index (χ2v) is 7.76. The van der Waals surface area contributed by atoms with Gasteiger partial charge in [0.25, 0.3) is 5.91 Å². The average Bonchev–Trinajstić information content (AvgIpc) is 2.95. The van der Waals surface area contributed by atoms with E-state index in [1.54, 1.807) is 0 Å². The van der Waals surface area contributed by atoms with Gasteiger partial charge in [-0.25, -0.2) is 0 Å². The number of aromatic nitrogens is 1. The zero-order valence-corrected chi connectivity index (χ0v) is 17.9. The van der Waals surface area contributed by atoms with Gasteiger partial charge in [0.2, 0.25) is 0 Å². The third-order valence-corrected chi connectivity index (χ3v) is 5.66. The third-order valence-electron chi connectivity index (χ3n) is 5.66. The zero-order chi connectivity index (χ0) is 18.8. The van der Waals surface area contributed by atoms with Crippen molar-refractivity contribution in [3.05, 3.63) is 52.8 Å². The Morgan fingerprint density at radius 1 is 1.15 bits per heavy atom. The summed E-state index contributed by atoms with van der Waals surface area (Å²) in [6.45, 7) is 10.5. The molecule has 2 heterocycles. The summed E-state index contributed by atoms with van der Waals surface area (Å²) in [4.78, 5) is 15.0. The molecule has 1 fully saturated rings. The van der Waals surface area contributed by atoms with Crippen molar-refractivity contribution in [2.45, 2.75) is 52.5 Å². The highest BCUT2D eigenvalue weighted by Crippen LogP contribution is 2.25. The maximum Gasteiger partial charge on any atom is 0.255 e. The van der Waals surface area contributed by atoms with Crippen molar-refractivity contribution in [2.75, 3.05) is 20.1 Å². The number of halogens is 1. The highest BCUT2D eigenvalue weighted by molar-refractivity contribution is 5.96. The predicted octanol–water partition coefficient (Wildman–Crippen LogP) is 4.46. The molecule has 1 aromatic heterocycles. The topological polar surface area (TPSA) is 37.3 Å². The first-order chi connectivity index (χ1) is 12.4. The summed E-state index contributed by atoms with van der Waals surface area (Å²) in [5, 5.41) is 3.36. The van der Waals surface area contributed by atoms with Crippen molar-refractivity contribution in [1.29, 1.82) is 0 Å². The van der Waals surface area contributed by atoms with Crippen molar-refractivity contribution >= 4 is 18.3 Å². The molecule has 1 aromatic carbocycles. The number of carbonyl (C=O) groups excluding carboxylic acids is 1. The fraction of sp³-hybridized carbons (Fsp3) is 0.500. The van der Waals surface area contributed by atoms with Crippen LogP contribution in [0.4, 0.5) is 0 Å². The Hall–Kier alpha value is -1.78. The molecule has 3 rings (SSSR count). The standard InChI is InChI=1S/C22H31N3O.ClH/c1-15(2)18-6-8-20(9-7-18)25-16(3)14-21(17(25)4)22(26)24(5)19-10-12-23-13-11-19;/h6-9,14-15,19,23H,10-13H2,1-5H3;1H. The van der Waals surface area contributed by atoms with Crippen LogP contribution in [0.1, 0.15) is 59.9 Å². The molecule has 0 unspecified atom stereocenters. The number of nitrogens with one attached hydrogen (secondary N) is 1. The molecule has 1 amide bonds. The lowest BCUT2D eigenvalue weighted by Crippen LogP contribution is -2.44. The summed E-state index contributed by atoms with van der Waals surface area (Å²) in [6, 6.07) is 11.0. The molecule has 5 heteroatoms. The Balaban J connectivity index is 0.00000261. The van der Waals surface area contributed by atoms with E-state index in [4.69, 9.17) is 0 Å². The first-order valence-electron chi connectivity index (χ1n) is 9.67. The number of hydrogen-bond acceptors (Lipinski definition) is 2. The Bertz CT molecular complexity index is 774. The molecule has 0 aliphatic carbocycles. The minimum absolute atomic E-state index is 0. The van der Waals surface area contributed by atoms with Gasteiger partial charge in [-0.1, -0.05) is 26.0 Å². The van der Waals surface area contributed by atoms with Gasteiger partial charge in [-0.2, -0.15) is 0 Å². The van der Waals surface area contributed by atoms with E-state index in [1.165, 1.54) is 5.56 Å². The van der Waals surface area contributed by atoms with Crippen molar-refractivity contribution in [3.8, 4) is 5.69 Å². The molecule has 1 N–H and O–H groups in total. The Kier molecular flexibility index (Phi) is 7.12. The number of carbonyl (C=O) groups is 1. The molecule has 148 valence electrons. The number of aryl methyl sites for hydroxylation is 1. The van der Waals surface area contributed by atoms with Gasteiger partial charge >= 0.3 is 0 Å². The van der Waals surface area contributed by atoms with Gasteiger partial charge in [0.15, 0.2) is 0 Å². The lowest BCUT2D eigenvalue weighted by molar-refractivity contribution is 0.0702. The van der Waals surface area contributed by atoms with E-state index in [1.807, 2.05) is 24.9 Å². The summed E-state index contributed by atoms with van der Waals surface area (Å²) >= 11 is 0. The highest BCUT2D eigenvalue weighted by atomic mass is 35.5. The summed E-state index contributed by atoms with van der Waals surface area (Å²) in [7, 11) is 1.95. The first-order valence-corrected chi connectivity index (χ1v) is 9.67. The monoisotopic (exact) mass is 389 g/mol. The first kappa shape index (κ1) is 21.5. The summed E-state index contributed by atoms with van der Waals surface area (Å²) in [5.74, 6) is 0.654. The van der Waals surface area contributed by atoms with E-state index < -0.39 is 0 Å². The van der Waals surface area contributed by atoms with E-state index in [9.17, 15) is 4.79 Å². The van der Waals surface area contributed by atoms with Crippen LogP contribution in [0.15, 0.2) is 30.3 Å². The highest BCUT2D eigenvalue weighted by Gasteiger charge is 2.26. The summed E-state index contributed by atoms with van der Waals surface area (Å²) in [5.41, 5.74) is 5.38. The lowest BCUT2D eigenvalue weighted by Gasteiger charge is -2.31. The van der Waals surface area contributed by atoms with Crippen LogP contribution in [0.5, 0.6) is 0 Å². The molecule has 1 saturated heterocycles. The van der Waals surface area contributed by atoms with Crippen LogP contribution < -0.4 is 5.32 Å². The maximum absolute atomic E-state index is 13.1. The quantitative estimate of drug-likeness (QED) is 0.837. The fourth-order valence-corrected chi connectivity index (χ4v) is 3.93. The van der Waals surface area contributed by atoms with Crippen LogP contribution in [-0.2, 0) is 0 Å². The second kappa shape index (κ2) is 8.94. The Labute approximate surface area is 169 Å². The van der Waals surface area contributed by atoms with Gasteiger partial charge in [0, 0.05) is 30.2 Å². The number of nitrogens with zero attached hydrogens (tertiary/aromatic N) is 2. The van der Waals surface area contributed by atoms with Crippen molar-refractivity contribution in [1.82, 2.24) is 14.8 Å². The third kappa shape index (κ3) is 4.39. The largest absolute Gasteiger partial charge is 0.339 e. The van der Waals surface area contributed by atoms with Crippen molar-refractivity contribution in [3.63, 3.8) is 0 Å². The molecule has 0 radical (unpaired) electrons. The molecule has 1 aliphatic rings. The van der Waals surface area contributed by atoms with Gasteiger partial charge in [0.05, 0.1) is 5.56 Å². The minimum Gasteiger partial charge on any atom is -0.339 e. The number of rotatable bonds is 4. The second-order valence-electron chi connectivity index (χ2n) is 7.76. The molecule has 4 nitrogen and oxygen atoms in total. The molecule has 27 heavy (non-hydrogen) atoms. The lowest BCUT2D eigenvalue weighted by atomic mass is 10.0. The van der Waals surface area contributed by atoms with E-state index in [0.717, 1.165) is 48.6 Å². The van der Waals surface area contributed by atoms with E-state index in [2.05, 4.69) is 54.9 Å². The van der Waals surface area contributed by atoms with E-state index in [-0.39, 0.29) is 18.3 Å². The molecule has 0 atom stereocenters. The van der Waals surface area contributed by atoms with E-state index >= 15 is 0 Å². The maximum atomic E-state index is 13.1. The van der Waals surface area contributed by atoms with Gasteiger partial charge < -0.3 is 14.8 Å². The van der Waals surface area contributed by atoms with Crippen LogP contribution in [0, 0.1) is 13.8 Å². The number of amides is 1. The number of benzene rings is 1. The SMILES string of the molecule is Cc1cc(C(=O)N(C)C2CCNCC2)c(C)n1-c1ccc(C(C)C)cc1.Cl. The average molecular weight is 390 g/mol. The molecule has 0 bridgehead atoms. The molecular formula is C22H32ClN3O. The predicted molar refractivity (Wildman–Crippen MR) is 115 cm³/mol. The van der Waals surface area contributed by atoms with Crippen molar-refractivity contribution < 1.29 is 4.79 Å². The van der Waals surface area contributed by atoms with Crippen LogP contribution in [0.3, 0.4) is 0 Å². The molecule has 0 spiro atoms. The van der Waals surface area contributed by atoms with Crippen LogP contribution >= 0.6 is 12.4 Å².